The SMILES string of the molecule is COc1ccc(OCC(Cl)C(=O)O)c([N+](=O)[O-])c1. The van der Waals surface area contributed by atoms with E-state index in [-0.39, 0.29) is 18.0 Å². The minimum Gasteiger partial charge on any atom is -0.496 e. The summed E-state index contributed by atoms with van der Waals surface area (Å²) in [6, 6.07) is 3.97. The van der Waals surface area contributed by atoms with E-state index < -0.39 is 16.3 Å². The Morgan fingerprint density at radius 3 is 2.78 bits per heavy atom. The Hall–Kier alpha value is -2.02. The van der Waals surface area contributed by atoms with Crippen molar-refractivity contribution >= 4 is 23.3 Å². The van der Waals surface area contributed by atoms with Gasteiger partial charge in [0, 0.05) is 0 Å². The van der Waals surface area contributed by atoms with Gasteiger partial charge in [-0.15, -0.1) is 11.6 Å². The van der Waals surface area contributed by atoms with Crippen LogP contribution in [0.4, 0.5) is 5.69 Å². The number of rotatable bonds is 6. The molecule has 0 aliphatic carbocycles. The zero-order chi connectivity index (χ0) is 13.7. The summed E-state index contributed by atoms with van der Waals surface area (Å²) >= 11 is 5.44. The molecular weight excluding hydrogens is 266 g/mol. The fourth-order valence-corrected chi connectivity index (χ4v) is 1.19. The van der Waals surface area contributed by atoms with Gasteiger partial charge in [0.1, 0.15) is 12.4 Å². The molecule has 1 unspecified atom stereocenters. The van der Waals surface area contributed by atoms with E-state index in [1.165, 1.54) is 25.3 Å². The van der Waals surface area contributed by atoms with Crippen LogP contribution in [0.25, 0.3) is 0 Å². The van der Waals surface area contributed by atoms with Crippen molar-refractivity contribution in [3.63, 3.8) is 0 Å². The van der Waals surface area contributed by atoms with Crippen LogP contribution in [0.3, 0.4) is 0 Å². The molecule has 1 atom stereocenters. The van der Waals surface area contributed by atoms with Crippen LogP contribution in [0.5, 0.6) is 11.5 Å². The number of hydrogen-bond acceptors (Lipinski definition) is 5. The van der Waals surface area contributed by atoms with Crippen LogP contribution in [0.2, 0.25) is 0 Å². The molecule has 0 aliphatic heterocycles. The van der Waals surface area contributed by atoms with E-state index in [1.54, 1.807) is 0 Å². The summed E-state index contributed by atoms with van der Waals surface area (Å²) in [5.41, 5.74) is -0.316. The van der Waals surface area contributed by atoms with Gasteiger partial charge in [0.05, 0.1) is 18.1 Å². The fraction of sp³-hybridized carbons (Fsp3) is 0.300. The number of alkyl halides is 1. The van der Waals surface area contributed by atoms with Crippen molar-refractivity contribution < 1.29 is 24.3 Å². The smallest absolute Gasteiger partial charge is 0.325 e. The van der Waals surface area contributed by atoms with Crippen LogP contribution in [0.15, 0.2) is 18.2 Å². The van der Waals surface area contributed by atoms with Crippen molar-refractivity contribution in [2.45, 2.75) is 5.38 Å². The molecule has 0 spiro atoms. The largest absolute Gasteiger partial charge is 0.496 e. The number of halogens is 1. The van der Waals surface area contributed by atoms with E-state index in [0.29, 0.717) is 5.75 Å². The highest BCUT2D eigenvalue weighted by molar-refractivity contribution is 6.29. The summed E-state index contributed by atoms with van der Waals surface area (Å²) in [4.78, 5) is 20.6. The normalized spacial score (nSPS) is 11.7. The molecule has 1 N–H and O–H groups in total. The van der Waals surface area contributed by atoms with E-state index in [4.69, 9.17) is 26.2 Å². The lowest BCUT2D eigenvalue weighted by atomic mass is 10.3. The Kier molecular flexibility index (Phi) is 4.73. The van der Waals surface area contributed by atoms with Crippen molar-refractivity contribution in [2.75, 3.05) is 13.7 Å². The molecule has 0 aromatic heterocycles. The Morgan fingerprint density at radius 2 is 2.28 bits per heavy atom. The molecular formula is C10H10ClNO6. The van der Waals surface area contributed by atoms with Gasteiger partial charge in [0.15, 0.2) is 11.1 Å². The lowest BCUT2D eigenvalue weighted by molar-refractivity contribution is -0.385. The molecule has 18 heavy (non-hydrogen) atoms. The number of ether oxygens (including phenoxy) is 2. The standard InChI is InChI=1S/C10H10ClNO6/c1-17-6-2-3-9(8(4-6)12(15)16)18-5-7(11)10(13)14/h2-4,7H,5H2,1H3,(H,13,14). The van der Waals surface area contributed by atoms with Gasteiger partial charge in [-0.3, -0.25) is 14.9 Å². The second-order valence-electron chi connectivity index (χ2n) is 3.21. The number of nitro groups is 1. The summed E-state index contributed by atoms with van der Waals surface area (Å²) in [7, 11) is 1.37. The molecule has 0 amide bonds. The van der Waals surface area contributed by atoms with E-state index in [9.17, 15) is 14.9 Å². The average Bonchev–Trinajstić information content (AvgIpc) is 2.35. The molecule has 0 fully saturated rings. The van der Waals surface area contributed by atoms with E-state index >= 15 is 0 Å². The molecule has 0 saturated heterocycles. The van der Waals surface area contributed by atoms with Crippen molar-refractivity contribution in [3.8, 4) is 11.5 Å². The topological polar surface area (TPSA) is 98.9 Å². The Balaban J connectivity index is 2.88. The van der Waals surface area contributed by atoms with Gasteiger partial charge in [-0.2, -0.15) is 0 Å². The van der Waals surface area contributed by atoms with Crippen molar-refractivity contribution in [1.82, 2.24) is 0 Å². The highest BCUT2D eigenvalue weighted by atomic mass is 35.5. The molecule has 1 aromatic rings. The fourth-order valence-electron chi connectivity index (χ4n) is 1.12. The van der Waals surface area contributed by atoms with Gasteiger partial charge in [-0.05, 0) is 12.1 Å². The van der Waals surface area contributed by atoms with Crippen LogP contribution in [-0.4, -0.2) is 35.1 Å². The molecule has 0 heterocycles. The minimum atomic E-state index is -1.27. The second-order valence-corrected chi connectivity index (χ2v) is 3.73. The maximum absolute atomic E-state index is 10.8. The third-order valence-corrected chi connectivity index (χ3v) is 2.33. The lowest BCUT2D eigenvalue weighted by Gasteiger charge is -2.09. The highest BCUT2D eigenvalue weighted by Crippen LogP contribution is 2.31. The first kappa shape index (κ1) is 14.0. The Labute approximate surface area is 107 Å². The molecule has 98 valence electrons. The molecule has 7 nitrogen and oxygen atoms in total. The first-order chi connectivity index (χ1) is 8.45. The van der Waals surface area contributed by atoms with Crippen LogP contribution in [0.1, 0.15) is 0 Å². The number of benzene rings is 1. The van der Waals surface area contributed by atoms with Gasteiger partial charge in [-0.25, -0.2) is 0 Å². The molecule has 8 heteroatoms. The number of methoxy groups -OCH3 is 1. The van der Waals surface area contributed by atoms with E-state index in [1.807, 2.05) is 0 Å². The van der Waals surface area contributed by atoms with E-state index in [0.717, 1.165) is 0 Å². The molecule has 0 bridgehead atoms. The molecule has 1 aromatic carbocycles. The maximum atomic E-state index is 10.8. The van der Waals surface area contributed by atoms with E-state index in [2.05, 4.69) is 0 Å². The summed E-state index contributed by atoms with van der Waals surface area (Å²) < 4.78 is 9.85. The third kappa shape index (κ3) is 3.49. The Bertz CT molecular complexity index is 464. The number of carboxylic acid groups (broad SMARTS) is 1. The van der Waals surface area contributed by atoms with Gasteiger partial charge >= 0.3 is 11.7 Å². The number of carbonyl (C=O) groups is 1. The van der Waals surface area contributed by atoms with Crippen molar-refractivity contribution in [2.24, 2.45) is 0 Å². The summed E-state index contributed by atoms with van der Waals surface area (Å²) in [5.74, 6) is -1.02. The van der Waals surface area contributed by atoms with Crippen molar-refractivity contribution in [1.29, 1.82) is 0 Å². The first-order valence-corrected chi connectivity index (χ1v) is 5.21. The zero-order valence-electron chi connectivity index (χ0n) is 9.33. The molecule has 0 saturated carbocycles. The van der Waals surface area contributed by atoms with Gasteiger partial charge in [0.2, 0.25) is 0 Å². The molecule has 0 aliphatic rings. The lowest BCUT2D eigenvalue weighted by Crippen LogP contribution is -2.21. The van der Waals surface area contributed by atoms with Crippen LogP contribution in [0, 0.1) is 10.1 Å². The van der Waals surface area contributed by atoms with Crippen LogP contribution >= 0.6 is 11.6 Å². The molecule has 0 radical (unpaired) electrons. The Morgan fingerprint density at radius 1 is 1.61 bits per heavy atom. The minimum absolute atomic E-state index is 0.0623. The first-order valence-electron chi connectivity index (χ1n) is 4.77. The number of aliphatic carboxylic acids is 1. The number of carboxylic acids is 1. The predicted molar refractivity (Wildman–Crippen MR) is 62.4 cm³/mol. The van der Waals surface area contributed by atoms with Crippen molar-refractivity contribution in [3.05, 3.63) is 28.3 Å². The quantitative estimate of drug-likeness (QED) is 0.482. The number of hydrogen-bond donors (Lipinski definition) is 1. The van der Waals surface area contributed by atoms with Crippen LogP contribution in [-0.2, 0) is 4.79 Å². The highest BCUT2D eigenvalue weighted by Gasteiger charge is 2.20. The van der Waals surface area contributed by atoms with Gasteiger partial charge < -0.3 is 14.6 Å². The predicted octanol–water partition coefficient (Wildman–Crippen LogP) is 1.67. The monoisotopic (exact) mass is 275 g/mol. The molecule has 1 rings (SSSR count). The second kappa shape index (κ2) is 6.06. The number of nitro benzene ring substituents is 1. The van der Waals surface area contributed by atoms with Gasteiger partial charge in [0.25, 0.3) is 0 Å². The third-order valence-electron chi connectivity index (χ3n) is 2.02. The van der Waals surface area contributed by atoms with Crippen LogP contribution < -0.4 is 9.47 Å². The average molecular weight is 276 g/mol. The number of nitrogens with zero attached hydrogens (tertiary/aromatic N) is 1. The van der Waals surface area contributed by atoms with Gasteiger partial charge in [-0.1, -0.05) is 0 Å². The summed E-state index contributed by atoms with van der Waals surface area (Å²) in [6.07, 6.45) is 0. The summed E-state index contributed by atoms with van der Waals surface area (Å²) in [6.45, 7) is -0.371. The zero-order valence-corrected chi connectivity index (χ0v) is 10.1. The maximum Gasteiger partial charge on any atom is 0.325 e. The summed E-state index contributed by atoms with van der Waals surface area (Å²) in [5, 5.41) is 18.1.